The molecule has 1 rings (SSSR count). The molecule has 0 heterocycles. The molecule has 6 heteroatoms. The number of ether oxygens (including phenoxy) is 4. The van der Waals surface area contributed by atoms with Gasteiger partial charge in [-0.15, -0.1) is 0 Å². The van der Waals surface area contributed by atoms with E-state index in [2.05, 4.69) is 0 Å². The van der Waals surface area contributed by atoms with E-state index in [0.717, 1.165) is 25.7 Å². The Morgan fingerprint density at radius 3 is 2.29 bits per heavy atom. The van der Waals surface area contributed by atoms with Gasteiger partial charge in [-0.2, -0.15) is 0 Å². The van der Waals surface area contributed by atoms with Gasteiger partial charge in [0.25, 0.3) is 0 Å². The molecule has 0 spiro atoms. The smallest absolute Gasteiger partial charge is 0.309 e. The molecule has 1 aliphatic rings. The summed E-state index contributed by atoms with van der Waals surface area (Å²) in [5.74, 6) is 0.132. The van der Waals surface area contributed by atoms with Gasteiger partial charge in [0, 0.05) is 7.11 Å². The van der Waals surface area contributed by atoms with E-state index in [9.17, 15) is 4.79 Å². The fourth-order valence-corrected chi connectivity index (χ4v) is 2.57. The van der Waals surface area contributed by atoms with Gasteiger partial charge in [-0.3, -0.25) is 4.79 Å². The van der Waals surface area contributed by atoms with Crippen LogP contribution < -0.4 is 5.73 Å². The predicted octanol–water partition coefficient (Wildman–Crippen LogP) is 0.974. The fraction of sp³-hybridized carbons (Fsp3) is 0.933. The van der Waals surface area contributed by atoms with E-state index in [4.69, 9.17) is 24.7 Å². The van der Waals surface area contributed by atoms with Crippen molar-refractivity contribution < 1.29 is 23.7 Å². The second kappa shape index (κ2) is 11.9. The number of hydrogen-bond acceptors (Lipinski definition) is 6. The Kier molecular flexibility index (Phi) is 10.4. The van der Waals surface area contributed by atoms with E-state index in [-0.39, 0.29) is 17.8 Å². The highest BCUT2D eigenvalue weighted by atomic mass is 16.6. The Bertz CT molecular complexity index is 275. The minimum absolute atomic E-state index is 0.0267. The number of carbonyl (C=O) groups is 1. The van der Waals surface area contributed by atoms with E-state index < -0.39 is 0 Å². The third kappa shape index (κ3) is 7.76. The summed E-state index contributed by atoms with van der Waals surface area (Å²) in [6.07, 6.45) is 4.18. The van der Waals surface area contributed by atoms with E-state index in [1.54, 1.807) is 7.11 Å². The molecule has 21 heavy (non-hydrogen) atoms. The average molecular weight is 303 g/mol. The summed E-state index contributed by atoms with van der Waals surface area (Å²) in [4.78, 5) is 12.0. The molecule has 2 unspecified atom stereocenters. The number of nitrogens with two attached hydrogens (primary N) is 1. The van der Waals surface area contributed by atoms with E-state index >= 15 is 0 Å². The molecule has 1 aliphatic carbocycles. The molecule has 0 saturated heterocycles. The Morgan fingerprint density at radius 2 is 1.62 bits per heavy atom. The van der Waals surface area contributed by atoms with Crippen LogP contribution in [-0.2, 0) is 23.7 Å². The lowest BCUT2D eigenvalue weighted by atomic mass is 9.79. The van der Waals surface area contributed by atoms with Gasteiger partial charge in [-0.05, 0) is 25.3 Å². The molecule has 0 aromatic rings. The predicted molar refractivity (Wildman–Crippen MR) is 79.0 cm³/mol. The zero-order chi connectivity index (χ0) is 15.3. The van der Waals surface area contributed by atoms with Crippen LogP contribution in [0, 0.1) is 11.8 Å². The number of rotatable bonds is 11. The molecule has 1 saturated carbocycles. The minimum Gasteiger partial charge on any atom is -0.463 e. The van der Waals surface area contributed by atoms with Crippen LogP contribution in [-0.4, -0.2) is 59.3 Å². The van der Waals surface area contributed by atoms with Gasteiger partial charge < -0.3 is 24.7 Å². The molecule has 0 aromatic carbocycles. The summed E-state index contributed by atoms with van der Waals surface area (Å²) >= 11 is 0. The maximum atomic E-state index is 12.0. The van der Waals surface area contributed by atoms with Crippen molar-refractivity contribution in [2.75, 3.05) is 53.3 Å². The summed E-state index contributed by atoms with van der Waals surface area (Å²) in [5, 5.41) is 0. The second-order valence-corrected chi connectivity index (χ2v) is 5.27. The van der Waals surface area contributed by atoms with Crippen LogP contribution in [0.25, 0.3) is 0 Å². The SMILES string of the molecule is COCCOCCOCCOC(=O)C1CCCCC1CN. The first-order chi connectivity index (χ1) is 10.3. The molecule has 0 radical (unpaired) electrons. The van der Waals surface area contributed by atoms with Crippen molar-refractivity contribution in [1.29, 1.82) is 0 Å². The summed E-state index contributed by atoms with van der Waals surface area (Å²) in [6.45, 7) is 3.43. The molecule has 124 valence electrons. The van der Waals surface area contributed by atoms with Crippen LogP contribution in [0.4, 0.5) is 0 Å². The third-order valence-corrected chi connectivity index (χ3v) is 3.79. The molecule has 0 aromatic heterocycles. The van der Waals surface area contributed by atoms with Crippen LogP contribution >= 0.6 is 0 Å². The first-order valence-corrected chi connectivity index (χ1v) is 7.80. The maximum Gasteiger partial charge on any atom is 0.309 e. The molecular formula is C15H29NO5. The first-order valence-electron chi connectivity index (χ1n) is 7.80. The van der Waals surface area contributed by atoms with Crippen molar-refractivity contribution in [3.63, 3.8) is 0 Å². The lowest BCUT2D eigenvalue weighted by Crippen LogP contribution is -2.34. The average Bonchev–Trinajstić information content (AvgIpc) is 2.53. The van der Waals surface area contributed by atoms with Crippen molar-refractivity contribution in [2.24, 2.45) is 17.6 Å². The largest absolute Gasteiger partial charge is 0.463 e. The van der Waals surface area contributed by atoms with Crippen LogP contribution in [0.1, 0.15) is 25.7 Å². The second-order valence-electron chi connectivity index (χ2n) is 5.27. The van der Waals surface area contributed by atoms with Gasteiger partial charge in [-0.1, -0.05) is 12.8 Å². The Hall–Kier alpha value is -0.690. The third-order valence-electron chi connectivity index (χ3n) is 3.79. The number of hydrogen-bond donors (Lipinski definition) is 1. The summed E-state index contributed by atoms with van der Waals surface area (Å²) in [7, 11) is 1.63. The molecule has 0 aliphatic heterocycles. The van der Waals surface area contributed by atoms with Crippen LogP contribution in [0.5, 0.6) is 0 Å². The molecule has 2 atom stereocenters. The zero-order valence-electron chi connectivity index (χ0n) is 13.1. The summed E-state index contributed by atoms with van der Waals surface area (Å²) in [6, 6.07) is 0. The maximum absolute atomic E-state index is 12.0. The zero-order valence-corrected chi connectivity index (χ0v) is 13.1. The molecular weight excluding hydrogens is 274 g/mol. The van der Waals surface area contributed by atoms with Crippen molar-refractivity contribution in [2.45, 2.75) is 25.7 Å². The van der Waals surface area contributed by atoms with Gasteiger partial charge >= 0.3 is 5.97 Å². The van der Waals surface area contributed by atoms with E-state index in [0.29, 0.717) is 46.2 Å². The van der Waals surface area contributed by atoms with E-state index in [1.807, 2.05) is 0 Å². The number of esters is 1. The van der Waals surface area contributed by atoms with Gasteiger partial charge in [0.05, 0.1) is 39.0 Å². The number of methoxy groups -OCH3 is 1. The standard InChI is InChI=1S/C15H29NO5/c1-18-6-7-19-8-9-20-10-11-21-15(17)14-5-3-2-4-13(14)12-16/h13-14H,2-12,16H2,1H3. The lowest BCUT2D eigenvalue weighted by molar-refractivity contribution is -0.153. The van der Waals surface area contributed by atoms with Crippen LogP contribution in [0.15, 0.2) is 0 Å². The lowest BCUT2D eigenvalue weighted by Gasteiger charge is -2.28. The Labute approximate surface area is 127 Å². The molecule has 0 bridgehead atoms. The highest BCUT2D eigenvalue weighted by Gasteiger charge is 2.30. The molecule has 0 amide bonds. The highest BCUT2D eigenvalue weighted by molar-refractivity contribution is 5.72. The van der Waals surface area contributed by atoms with Crippen LogP contribution in [0.3, 0.4) is 0 Å². The quantitative estimate of drug-likeness (QED) is 0.452. The van der Waals surface area contributed by atoms with Gasteiger partial charge in [-0.25, -0.2) is 0 Å². The van der Waals surface area contributed by atoms with Crippen LogP contribution in [0.2, 0.25) is 0 Å². The van der Waals surface area contributed by atoms with Crippen molar-refractivity contribution in [3.05, 3.63) is 0 Å². The fourth-order valence-electron chi connectivity index (χ4n) is 2.57. The van der Waals surface area contributed by atoms with Crippen molar-refractivity contribution in [3.8, 4) is 0 Å². The first kappa shape index (κ1) is 18.4. The number of carbonyl (C=O) groups excluding carboxylic acids is 1. The Balaban J connectivity index is 2.00. The van der Waals surface area contributed by atoms with Gasteiger partial charge in [0.15, 0.2) is 0 Å². The van der Waals surface area contributed by atoms with E-state index in [1.165, 1.54) is 0 Å². The minimum atomic E-state index is -0.120. The monoisotopic (exact) mass is 303 g/mol. The molecule has 1 fully saturated rings. The summed E-state index contributed by atoms with van der Waals surface area (Å²) < 4.78 is 20.7. The topological polar surface area (TPSA) is 80.0 Å². The summed E-state index contributed by atoms with van der Waals surface area (Å²) in [5.41, 5.74) is 5.72. The van der Waals surface area contributed by atoms with Crippen molar-refractivity contribution in [1.82, 2.24) is 0 Å². The normalized spacial score (nSPS) is 22.2. The van der Waals surface area contributed by atoms with Crippen molar-refractivity contribution >= 4 is 5.97 Å². The van der Waals surface area contributed by atoms with Gasteiger partial charge in [0.2, 0.25) is 0 Å². The van der Waals surface area contributed by atoms with Gasteiger partial charge in [0.1, 0.15) is 6.61 Å². The Morgan fingerprint density at radius 1 is 1.00 bits per heavy atom. The highest BCUT2D eigenvalue weighted by Crippen LogP contribution is 2.30. The molecule has 6 nitrogen and oxygen atoms in total. The molecule has 2 N–H and O–H groups in total.